The summed E-state index contributed by atoms with van der Waals surface area (Å²) in [5.41, 5.74) is 1.59. The summed E-state index contributed by atoms with van der Waals surface area (Å²) in [6, 6.07) is 2.07. The van der Waals surface area contributed by atoms with Gasteiger partial charge in [0.05, 0.1) is 6.26 Å². The van der Waals surface area contributed by atoms with E-state index in [1.54, 1.807) is 6.26 Å². The van der Waals surface area contributed by atoms with Gasteiger partial charge in [-0.2, -0.15) is 0 Å². The Balaban J connectivity index is 1.89. The molecule has 0 radical (unpaired) electrons. The van der Waals surface area contributed by atoms with Crippen molar-refractivity contribution < 1.29 is 4.42 Å². The van der Waals surface area contributed by atoms with E-state index < -0.39 is 0 Å². The average Bonchev–Trinajstić information content (AvgIpc) is 2.77. The first kappa shape index (κ1) is 11.7. The first-order valence-corrected chi connectivity index (χ1v) is 6.06. The zero-order chi connectivity index (χ0) is 11.6. The predicted molar refractivity (Wildman–Crippen MR) is 65.4 cm³/mol. The van der Waals surface area contributed by atoms with Gasteiger partial charge in [0.1, 0.15) is 5.76 Å². The Labute approximate surface area is 97.8 Å². The molecule has 2 heterocycles. The van der Waals surface area contributed by atoms with Crippen LogP contribution in [0.3, 0.4) is 0 Å². The van der Waals surface area contributed by atoms with Gasteiger partial charge < -0.3 is 14.6 Å². The fourth-order valence-electron chi connectivity index (χ4n) is 2.61. The number of hydrogen-bond donors (Lipinski definition) is 1. The number of likely N-dealkylation sites (N-methyl/N-ethyl adjacent to an activating group) is 1. The minimum atomic E-state index is 0.298. The standard InChI is InChI=1S/C13H22N2O/c1-11-12(5-8-16-11)9-15(3)10-13(2)6-4-7-14-13/h5,8,14H,4,6-7,9-10H2,1-3H3. The number of hydrogen-bond acceptors (Lipinski definition) is 3. The molecule has 16 heavy (non-hydrogen) atoms. The van der Waals surface area contributed by atoms with Crippen molar-refractivity contribution in [2.24, 2.45) is 0 Å². The summed E-state index contributed by atoms with van der Waals surface area (Å²) in [6.07, 6.45) is 4.35. The Kier molecular flexibility index (Phi) is 3.36. The Morgan fingerprint density at radius 2 is 2.38 bits per heavy atom. The average molecular weight is 222 g/mol. The lowest BCUT2D eigenvalue weighted by Crippen LogP contribution is -2.46. The van der Waals surface area contributed by atoms with Crippen molar-refractivity contribution in [2.75, 3.05) is 20.1 Å². The second kappa shape index (κ2) is 4.60. The lowest BCUT2D eigenvalue weighted by atomic mass is 10.00. The van der Waals surface area contributed by atoms with Crippen LogP contribution in [0, 0.1) is 6.92 Å². The second-order valence-electron chi connectivity index (χ2n) is 5.27. The summed E-state index contributed by atoms with van der Waals surface area (Å²) in [6.45, 7) is 7.57. The summed E-state index contributed by atoms with van der Waals surface area (Å²) in [5.74, 6) is 1.04. The second-order valence-corrected chi connectivity index (χ2v) is 5.27. The van der Waals surface area contributed by atoms with E-state index in [9.17, 15) is 0 Å². The molecule has 1 atom stereocenters. The van der Waals surface area contributed by atoms with E-state index in [0.717, 1.165) is 25.4 Å². The molecular weight excluding hydrogens is 200 g/mol. The van der Waals surface area contributed by atoms with Gasteiger partial charge >= 0.3 is 0 Å². The van der Waals surface area contributed by atoms with Crippen molar-refractivity contribution in [3.05, 3.63) is 23.7 Å². The molecule has 1 aromatic rings. The van der Waals surface area contributed by atoms with Crippen molar-refractivity contribution in [3.8, 4) is 0 Å². The molecule has 3 heteroatoms. The van der Waals surface area contributed by atoms with Gasteiger partial charge in [-0.05, 0) is 46.3 Å². The molecular formula is C13H22N2O. The molecule has 0 spiro atoms. The Morgan fingerprint density at radius 1 is 1.56 bits per heavy atom. The van der Waals surface area contributed by atoms with E-state index in [0.29, 0.717) is 5.54 Å². The van der Waals surface area contributed by atoms with Gasteiger partial charge in [0.2, 0.25) is 0 Å². The largest absolute Gasteiger partial charge is 0.469 e. The fraction of sp³-hybridized carbons (Fsp3) is 0.692. The van der Waals surface area contributed by atoms with Crippen LogP contribution >= 0.6 is 0 Å². The molecule has 2 rings (SSSR count). The van der Waals surface area contributed by atoms with E-state index in [4.69, 9.17) is 4.42 Å². The van der Waals surface area contributed by atoms with Crippen LogP contribution in [-0.2, 0) is 6.54 Å². The summed E-state index contributed by atoms with van der Waals surface area (Å²) in [4.78, 5) is 2.37. The highest BCUT2D eigenvalue weighted by atomic mass is 16.3. The molecule has 90 valence electrons. The lowest BCUT2D eigenvalue weighted by Gasteiger charge is -2.30. The van der Waals surface area contributed by atoms with E-state index >= 15 is 0 Å². The SMILES string of the molecule is Cc1occc1CN(C)CC1(C)CCCN1. The molecule has 1 unspecified atom stereocenters. The highest BCUT2D eigenvalue weighted by Gasteiger charge is 2.29. The number of nitrogens with one attached hydrogen (secondary N) is 1. The summed E-state index contributed by atoms with van der Waals surface area (Å²) in [5, 5.41) is 3.59. The third kappa shape index (κ3) is 2.66. The smallest absolute Gasteiger partial charge is 0.105 e. The van der Waals surface area contributed by atoms with Gasteiger partial charge in [-0.3, -0.25) is 0 Å². The minimum absolute atomic E-state index is 0.298. The molecule has 1 fully saturated rings. The number of furan rings is 1. The highest BCUT2D eigenvalue weighted by Crippen LogP contribution is 2.20. The molecule has 0 saturated carbocycles. The van der Waals surface area contributed by atoms with E-state index in [-0.39, 0.29) is 0 Å². The molecule has 1 N–H and O–H groups in total. The van der Waals surface area contributed by atoms with E-state index in [2.05, 4.69) is 30.3 Å². The molecule has 1 saturated heterocycles. The van der Waals surface area contributed by atoms with Crippen molar-refractivity contribution >= 4 is 0 Å². The van der Waals surface area contributed by atoms with Crippen LogP contribution in [0.4, 0.5) is 0 Å². The Morgan fingerprint density at radius 3 is 2.94 bits per heavy atom. The van der Waals surface area contributed by atoms with E-state index in [1.165, 1.54) is 18.4 Å². The van der Waals surface area contributed by atoms with Crippen LogP contribution in [0.25, 0.3) is 0 Å². The maximum absolute atomic E-state index is 5.32. The molecule has 1 aliphatic heterocycles. The van der Waals surface area contributed by atoms with Crippen LogP contribution < -0.4 is 5.32 Å². The molecule has 3 nitrogen and oxygen atoms in total. The van der Waals surface area contributed by atoms with Crippen molar-refractivity contribution in [1.82, 2.24) is 10.2 Å². The van der Waals surface area contributed by atoms with Gasteiger partial charge in [0.25, 0.3) is 0 Å². The maximum atomic E-state index is 5.32. The Hall–Kier alpha value is -0.800. The molecule has 1 aliphatic rings. The monoisotopic (exact) mass is 222 g/mol. The number of aryl methyl sites for hydroxylation is 1. The van der Waals surface area contributed by atoms with Crippen LogP contribution in [-0.4, -0.2) is 30.6 Å². The number of rotatable bonds is 4. The molecule has 0 amide bonds. The molecule has 1 aromatic heterocycles. The van der Waals surface area contributed by atoms with Gasteiger partial charge in [0.15, 0.2) is 0 Å². The van der Waals surface area contributed by atoms with Crippen LogP contribution in [0.5, 0.6) is 0 Å². The molecule has 0 aromatic carbocycles. The predicted octanol–water partition coefficient (Wildman–Crippen LogP) is 2.16. The van der Waals surface area contributed by atoms with Gasteiger partial charge in [-0.25, -0.2) is 0 Å². The molecule has 0 aliphatic carbocycles. The van der Waals surface area contributed by atoms with Gasteiger partial charge in [-0.15, -0.1) is 0 Å². The zero-order valence-electron chi connectivity index (χ0n) is 10.5. The quantitative estimate of drug-likeness (QED) is 0.846. The minimum Gasteiger partial charge on any atom is -0.469 e. The lowest BCUT2D eigenvalue weighted by molar-refractivity contribution is 0.233. The summed E-state index contributed by atoms with van der Waals surface area (Å²) < 4.78 is 5.32. The van der Waals surface area contributed by atoms with Gasteiger partial charge in [0, 0.05) is 24.2 Å². The fourth-order valence-corrected chi connectivity index (χ4v) is 2.61. The summed E-state index contributed by atoms with van der Waals surface area (Å²) >= 11 is 0. The first-order valence-electron chi connectivity index (χ1n) is 6.06. The summed E-state index contributed by atoms with van der Waals surface area (Å²) in [7, 11) is 2.18. The van der Waals surface area contributed by atoms with Crippen LogP contribution in [0.15, 0.2) is 16.7 Å². The number of nitrogens with zero attached hydrogens (tertiary/aromatic N) is 1. The van der Waals surface area contributed by atoms with Crippen molar-refractivity contribution in [3.63, 3.8) is 0 Å². The van der Waals surface area contributed by atoms with Crippen LogP contribution in [0.1, 0.15) is 31.1 Å². The highest BCUT2D eigenvalue weighted by molar-refractivity contribution is 5.15. The Bertz CT molecular complexity index is 339. The van der Waals surface area contributed by atoms with Gasteiger partial charge in [-0.1, -0.05) is 0 Å². The normalized spacial score (nSPS) is 25.5. The van der Waals surface area contributed by atoms with Crippen LogP contribution in [0.2, 0.25) is 0 Å². The first-order chi connectivity index (χ1) is 7.59. The molecule has 0 bridgehead atoms. The third-order valence-corrected chi connectivity index (χ3v) is 3.48. The van der Waals surface area contributed by atoms with Crippen molar-refractivity contribution in [1.29, 1.82) is 0 Å². The zero-order valence-corrected chi connectivity index (χ0v) is 10.5. The topological polar surface area (TPSA) is 28.4 Å². The van der Waals surface area contributed by atoms with E-state index in [1.807, 2.05) is 6.92 Å². The maximum Gasteiger partial charge on any atom is 0.105 e. The van der Waals surface area contributed by atoms with Crippen molar-refractivity contribution in [2.45, 2.75) is 38.8 Å². The third-order valence-electron chi connectivity index (χ3n) is 3.48.